The van der Waals surface area contributed by atoms with Gasteiger partial charge < -0.3 is 10.6 Å². The zero-order valence-corrected chi connectivity index (χ0v) is 10.7. The molecule has 2 N–H and O–H groups in total. The third-order valence-corrected chi connectivity index (χ3v) is 2.94. The van der Waals surface area contributed by atoms with Crippen LogP contribution in [-0.2, 0) is 0 Å². The van der Waals surface area contributed by atoms with Gasteiger partial charge in [0.2, 0.25) is 0 Å². The molecule has 16 heavy (non-hydrogen) atoms. The minimum Gasteiger partial charge on any atom is -0.385 e. The second-order valence-corrected chi connectivity index (χ2v) is 4.61. The predicted octanol–water partition coefficient (Wildman–Crippen LogP) is 3.04. The molecule has 0 spiro atoms. The fourth-order valence-electron chi connectivity index (χ4n) is 1.90. The first-order valence-corrected chi connectivity index (χ1v) is 6.20. The second kappa shape index (κ2) is 6.41. The van der Waals surface area contributed by atoms with Gasteiger partial charge in [0, 0.05) is 13.1 Å². The van der Waals surface area contributed by atoms with Crippen LogP contribution in [0.15, 0.2) is 35.7 Å². The van der Waals surface area contributed by atoms with Crippen LogP contribution in [0.2, 0.25) is 0 Å². The van der Waals surface area contributed by atoms with Crippen molar-refractivity contribution < 1.29 is 0 Å². The SMILES string of the molecule is C\C=C/C(=C\C=C(/N)N1CCCC1)C(C)C. The number of likely N-dealkylation sites (tertiary alicyclic amines) is 1. The Kier molecular flexibility index (Phi) is 5.17. The Morgan fingerprint density at radius 3 is 2.31 bits per heavy atom. The summed E-state index contributed by atoms with van der Waals surface area (Å²) < 4.78 is 0. The molecule has 1 aliphatic heterocycles. The number of rotatable bonds is 4. The van der Waals surface area contributed by atoms with Crippen LogP contribution in [0, 0.1) is 5.92 Å². The number of hydrogen-bond acceptors (Lipinski definition) is 2. The van der Waals surface area contributed by atoms with E-state index in [4.69, 9.17) is 5.73 Å². The number of nitrogens with two attached hydrogens (primary N) is 1. The first-order chi connectivity index (χ1) is 7.65. The normalized spacial score (nSPS) is 19.1. The monoisotopic (exact) mass is 220 g/mol. The molecule has 1 saturated heterocycles. The van der Waals surface area contributed by atoms with Gasteiger partial charge in [-0.1, -0.05) is 32.1 Å². The van der Waals surface area contributed by atoms with Crippen molar-refractivity contribution in [3.8, 4) is 0 Å². The van der Waals surface area contributed by atoms with Gasteiger partial charge in [0.15, 0.2) is 0 Å². The van der Waals surface area contributed by atoms with Gasteiger partial charge in [0.25, 0.3) is 0 Å². The highest BCUT2D eigenvalue weighted by Gasteiger charge is 2.11. The van der Waals surface area contributed by atoms with Crippen molar-refractivity contribution in [1.82, 2.24) is 4.90 Å². The third kappa shape index (κ3) is 3.76. The molecule has 0 aromatic heterocycles. The highest BCUT2D eigenvalue weighted by molar-refractivity contribution is 5.26. The fourth-order valence-corrected chi connectivity index (χ4v) is 1.90. The van der Waals surface area contributed by atoms with Crippen molar-refractivity contribution in [1.29, 1.82) is 0 Å². The quantitative estimate of drug-likeness (QED) is 0.738. The lowest BCUT2D eigenvalue weighted by molar-refractivity contribution is 0.421. The minimum absolute atomic E-state index is 0.541. The van der Waals surface area contributed by atoms with Gasteiger partial charge in [0.1, 0.15) is 0 Å². The topological polar surface area (TPSA) is 29.3 Å². The third-order valence-electron chi connectivity index (χ3n) is 2.94. The summed E-state index contributed by atoms with van der Waals surface area (Å²) in [4.78, 5) is 2.25. The van der Waals surface area contributed by atoms with Gasteiger partial charge in [-0.3, -0.25) is 0 Å². The zero-order chi connectivity index (χ0) is 12.0. The Morgan fingerprint density at radius 1 is 1.19 bits per heavy atom. The molecule has 90 valence electrons. The van der Waals surface area contributed by atoms with Gasteiger partial charge in [-0.15, -0.1) is 0 Å². The number of nitrogens with zero attached hydrogens (tertiary/aromatic N) is 1. The molecule has 0 radical (unpaired) electrons. The first-order valence-electron chi connectivity index (χ1n) is 6.20. The molecule has 0 unspecified atom stereocenters. The van der Waals surface area contributed by atoms with E-state index in [1.807, 2.05) is 13.0 Å². The van der Waals surface area contributed by atoms with Crippen LogP contribution in [0.3, 0.4) is 0 Å². The maximum absolute atomic E-state index is 6.04. The molecule has 0 aromatic carbocycles. The van der Waals surface area contributed by atoms with Crippen LogP contribution >= 0.6 is 0 Å². The van der Waals surface area contributed by atoms with Gasteiger partial charge in [-0.2, -0.15) is 0 Å². The van der Waals surface area contributed by atoms with Crippen LogP contribution in [0.25, 0.3) is 0 Å². The molecule has 0 atom stereocenters. The minimum atomic E-state index is 0.541. The standard InChI is InChI=1S/C14H24N2/c1-4-7-13(12(2)3)8-9-14(15)16-10-5-6-11-16/h4,7-9,12H,5-6,10-11,15H2,1-3H3/b7-4-,13-8+,14-9+. The van der Waals surface area contributed by atoms with Crippen LogP contribution in [0.1, 0.15) is 33.6 Å². The van der Waals surface area contributed by atoms with Crippen molar-refractivity contribution in [2.75, 3.05) is 13.1 Å². The molecule has 1 rings (SSSR count). The van der Waals surface area contributed by atoms with E-state index in [0.717, 1.165) is 18.9 Å². The molecule has 0 saturated carbocycles. The molecule has 1 heterocycles. The number of hydrogen-bond donors (Lipinski definition) is 1. The zero-order valence-electron chi connectivity index (χ0n) is 10.7. The molecule has 0 bridgehead atoms. The molecule has 0 aromatic rings. The van der Waals surface area contributed by atoms with E-state index in [-0.39, 0.29) is 0 Å². The van der Waals surface area contributed by atoms with Crippen molar-refractivity contribution in [2.24, 2.45) is 11.7 Å². The maximum Gasteiger partial charge on any atom is 0.0986 e. The summed E-state index contributed by atoms with van der Waals surface area (Å²) in [5.41, 5.74) is 7.37. The molecule has 1 fully saturated rings. The largest absolute Gasteiger partial charge is 0.385 e. The predicted molar refractivity (Wildman–Crippen MR) is 70.8 cm³/mol. The maximum atomic E-state index is 6.04. The van der Waals surface area contributed by atoms with Gasteiger partial charge in [-0.05, 0) is 37.3 Å². The van der Waals surface area contributed by atoms with E-state index in [2.05, 4.69) is 37.0 Å². The van der Waals surface area contributed by atoms with E-state index in [1.165, 1.54) is 18.4 Å². The average molecular weight is 220 g/mol. The van der Waals surface area contributed by atoms with Crippen LogP contribution in [0.4, 0.5) is 0 Å². The summed E-state index contributed by atoms with van der Waals surface area (Å²) in [6.07, 6.45) is 10.9. The first kappa shape index (κ1) is 12.9. The molecule has 0 amide bonds. The summed E-state index contributed by atoms with van der Waals surface area (Å²) in [6.45, 7) is 8.66. The molecule has 0 aliphatic carbocycles. The van der Waals surface area contributed by atoms with E-state index in [0.29, 0.717) is 5.92 Å². The summed E-state index contributed by atoms with van der Waals surface area (Å²) in [5, 5.41) is 0. The number of allylic oxidation sites excluding steroid dienone is 5. The van der Waals surface area contributed by atoms with Crippen molar-refractivity contribution in [3.63, 3.8) is 0 Å². The van der Waals surface area contributed by atoms with Crippen LogP contribution in [-0.4, -0.2) is 18.0 Å². The molecule has 2 nitrogen and oxygen atoms in total. The lowest BCUT2D eigenvalue weighted by Crippen LogP contribution is -2.24. The van der Waals surface area contributed by atoms with Crippen molar-refractivity contribution in [3.05, 3.63) is 35.7 Å². The lowest BCUT2D eigenvalue weighted by atomic mass is 10.0. The summed E-state index contributed by atoms with van der Waals surface area (Å²) in [7, 11) is 0. The van der Waals surface area contributed by atoms with Gasteiger partial charge in [0.05, 0.1) is 5.82 Å². The second-order valence-electron chi connectivity index (χ2n) is 4.61. The Morgan fingerprint density at radius 2 is 1.81 bits per heavy atom. The lowest BCUT2D eigenvalue weighted by Gasteiger charge is -2.17. The van der Waals surface area contributed by atoms with Crippen LogP contribution in [0.5, 0.6) is 0 Å². The fraction of sp³-hybridized carbons (Fsp3) is 0.571. The van der Waals surface area contributed by atoms with E-state index < -0.39 is 0 Å². The van der Waals surface area contributed by atoms with Crippen molar-refractivity contribution >= 4 is 0 Å². The van der Waals surface area contributed by atoms with Crippen molar-refractivity contribution in [2.45, 2.75) is 33.6 Å². The Balaban J connectivity index is 2.69. The summed E-state index contributed by atoms with van der Waals surface area (Å²) in [6, 6.07) is 0. The Bertz CT molecular complexity index is 292. The highest BCUT2D eigenvalue weighted by Crippen LogP contribution is 2.14. The van der Waals surface area contributed by atoms with E-state index >= 15 is 0 Å². The molecular formula is C14H24N2. The van der Waals surface area contributed by atoms with Gasteiger partial charge >= 0.3 is 0 Å². The average Bonchev–Trinajstić information content (AvgIpc) is 2.76. The highest BCUT2D eigenvalue weighted by atomic mass is 15.2. The van der Waals surface area contributed by atoms with Gasteiger partial charge in [-0.25, -0.2) is 0 Å². The smallest absolute Gasteiger partial charge is 0.0986 e. The van der Waals surface area contributed by atoms with E-state index in [9.17, 15) is 0 Å². The molecular weight excluding hydrogens is 196 g/mol. The van der Waals surface area contributed by atoms with Crippen LogP contribution < -0.4 is 5.73 Å². The Hall–Kier alpha value is -1.18. The Labute approximate surface area is 99.5 Å². The molecule has 1 aliphatic rings. The summed E-state index contributed by atoms with van der Waals surface area (Å²) in [5.74, 6) is 1.44. The van der Waals surface area contributed by atoms with E-state index in [1.54, 1.807) is 0 Å². The summed E-state index contributed by atoms with van der Waals surface area (Å²) >= 11 is 0. The molecule has 2 heteroatoms.